The summed E-state index contributed by atoms with van der Waals surface area (Å²) in [6, 6.07) is 7.76. The van der Waals surface area contributed by atoms with Crippen molar-refractivity contribution in [2.45, 2.75) is 51.8 Å². The van der Waals surface area contributed by atoms with Crippen molar-refractivity contribution in [1.29, 1.82) is 5.26 Å². The number of fused-ring (bicyclic) bond motifs is 2. The van der Waals surface area contributed by atoms with E-state index in [0.717, 1.165) is 11.1 Å². The first-order chi connectivity index (χ1) is 11.8. The molecule has 0 aliphatic carbocycles. The fraction of sp³-hybridized carbons (Fsp3) is 0.500. The topological polar surface area (TPSA) is 62.6 Å². The van der Waals surface area contributed by atoms with Gasteiger partial charge in [0.2, 0.25) is 0 Å². The number of rotatable bonds is 1. The lowest BCUT2D eigenvalue weighted by molar-refractivity contribution is -0.0510. The molecule has 2 aliphatic heterocycles. The predicted octanol–water partition coefficient (Wildman–Crippen LogP) is 3.66. The van der Waals surface area contributed by atoms with Crippen LogP contribution in [-0.2, 0) is 9.47 Å². The van der Waals surface area contributed by atoms with Gasteiger partial charge in [-0.3, -0.25) is 4.90 Å². The van der Waals surface area contributed by atoms with Crippen molar-refractivity contribution in [2.75, 3.05) is 13.2 Å². The Labute approximate surface area is 148 Å². The van der Waals surface area contributed by atoms with Crippen molar-refractivity contribution in [3.05, 3.63) is 41.0 Å². The Morgan fingerprint density at radius 3 is 2.76 bits per heavy atom. The van der Waals surface area contributed by atoms with E-state index in [9.17, 15) is 10.1 Å². The largest absolute Gasteiger partial charge is 0.444 e. The molecule has 0 N–H and O–H groups in total. The molecule has 0 radical (unpaired) electrons. The summed E-state index contributed by atoms with van der Waals surface area (Å²) < 4.78 is 11.2. The van der Waals surface area contributed by atoms with Crippen LogP contribution in [0.1, 0.15) is 43.9 Å². The molecular weight excluding hydrogens is 316 g/mol. The molecule has 0 saturated carbocycles. The van der Waals surface area contributed by atoms with Crippen LogP contribution in [0.15, 0.2) is 24.3 Å². The molecule has 0 aromatic heterocycles. The number of carbonyl (C=O) groups excluding carboxylic acids is 1. The molecule has 2 aliphatic rings. The van der Waals surface area contributed by atoms with Crippen LogP contribution in [0.25, 0.3) is 5.57 Å². The molecule has 3 rings (SSSR count). The minimum absolute atomic E-state index is 0.0428. The summed E-state index contributed by atoms with van der Waals surface area (Å²) in [6.45, 7) is 8.64. The molecule has 1 saturated heterocycles. The zero-order valence-corrected chi connectivity index (χ0v) is 15.2. The van der Waals surface area contributed by atoms with Crippen molar-refractivity contribution in [2.24, 2.45) is 0 Å². The van der Waals surface area contributed by atoms with Crippen molar-refractivity contribution in [1.82, 2.24) is 4.90 Å². The van der Waals surface area contributed by atoms with Gasteiger partial charge >= 0.3 is 6.09 Å². The van der Waals surface area contributed by atoms with Gasteiger partial charge in [-0.1, -0.05) is 12.1 Å². The van der Waals surface area contributed by atoms with E-state index in [1.165, 1.54) is 5.57 Å². The Hall–Kier alpha value is -2.32. The zero-order valence-electron chi connectivity index (χ0n) is 15.2. The van der Waals surface area contributed by atoms with Gasteiger partial charge in [-0.2, -0.15) is 5.26 Å². The van der Waals surface area contributed by atoms with Gasteiger partial charge in [0, 0.05) is 0 Å². The Balaban J connectivity index is 1.92. The molecule has 5 nitrogen and oxygen atoms in total. The lowest BCUT2D eigenvalue weighted by Gasteiger charge is -2.44. The van der Waals surface area contributed by atoms with E-state index >= 15 is 0 Å². The number of carbonyl (C=O) groups is 1. The number of nitriles is 1. The highest BCUT2D eigenvalue weighted by Crippen LogP contribution is 2.35. The number of amides is 1. The second-order valence-electron chi connectivity index (χ2n) is 7.68. The van der Waals surface area contributed by atoms with Gasteiger partial charge in [0.05, 0.1) is 36.9 Å². The molecule has 25 heavy (non-hydrogen) atoms. The normalized spacial score (nSPS) is 22.8. The van der Waals surface area contributed by atoms with Crippen LogP contribution < -0.4 is 0 Å². The summed E-state index contributed by atoms with van der Waals surface area (Å²) in [7, 11) is 0. The van der Waals surface area contributed by atoms with Crippen LogP contribution in [0.2, 0.25) is 0 Å². The molecular formula is C20H24N2O3. The van der Waals surface area contributed by atoms with Crippen LogP contribution in [0.3, 0.4) is 0 Å². The standard InChI is InChI=1S/C20H24N2O3/c1-13-5-6-14(10-21)7-18(13)15-8-16-11-24-12-17(9-15)22(16)19(23)25-20(2,3)4/h5-8,16-17H,9,11-12H2,1-4H3. The average Bonchev–Trinajstić information content (AvgIpc) is 2.52. The van der Waals surface area contributed by atoms with Gasteiger partial charge in [0.15, 0.2) is 0 Å². The summed E-state index contributed by atoms with van der Waals surface area (Å²) in [4.78, 5) is 14.4. The number of morpholine rings is 1. The fourth-order valence-electron chi connectivity index (χ4n) is 3.43. The molecule has 132 valence electrons. The first-order valence-corrected chi connectivity index (χ1v) is 8.59. The average molecular weight is 340 g/mol. The highest BCUT2D eigenvalue weighted by atomic mass is 16.6. The van der Waals surface area contributed by atoms with E-state index in [4.69, 9.17) is 9.47 Å². The van der Waals surface area contributed by atoms with E-state index < -0.39 is 5.60 Å². The van der Waals surface area contributed by atoms with Gasteiger partial charge in [-0.15, -0.1) is 0 Å². The summed E-state index contributed by atoms with van der Waals surface area (Å²) in [5.74, 6) is 0. The summed E-state index contributed by atoms with van der Waals surface area (Å²) >= 11 is 0. The third kappa shape index (κ3) is 3.69. The first kappa shape index (κ1) is 17.5. The first-order valence-electron chi connectivity index (χ1n) is 8.59. The third-order valence-corrected chi connectivity index (χ3v) is 4.52. The molecule has 2 bridgehead atoms. The summed E-state index contributed by atoms with van der Waals surface area (Å²) in [5.41, 5.74) is 3.52. The predicted molar refractivity (Wildman–Crippen MR) is 95.0 cm³/mol. The second kappa shape index (κ2) is 6.53. The van der Waals surface area contributed by atoms with Crippen LogP contribution in [0.4, 0.5) is 4.79 Å². The van der Waals surface area contributed by atoms with E-state index in [1.54, 1.807) is 0 Å². The molecule has 2 heterocycles. The zero-order chi connectivity index (χ0) is 18.2. The Morgan fingerprint density at radius 1 is 1.36 bits per heavy atom. The van der Waals surface area contributed by atoms with Gasteiger partial charge in [0.1, 0.15) is 5.60 Å². The van der Waals surface area contributed by atoms with Crippen LogP contribution in [0, 0.1) is 18.3 Å². The van der Waals surface area contributed by atoms with Crippen molar-refractivity contribution in [3.63, 3.8) is 0 Å². The van der Waals surface area contributed by atoms with Gasteiger partial charge in [-0.05, 0) is 62.9 Å². The Morgan fingerprint density at radius 2 is 2.12 bits per heavy atom. The Kier molecular flexibility index (Phi) is 4.57. The monoisotopic (exact) mass is 340 g/mol. The number of aryl methyl sites for hydroxylation is 1. The van der Waals surface area contributed by atoms with Crippen molar-refractivity contribution in [3.8, 4) is 6.07 Å². The van der Waals surface area contributed by atoms with Gasteiger partial charge < -0.3 is 9.47 Å². The molecule has 5 heteroatoms. The molecule has 1 aromatic carbocycles. The second-order valence-corrected chi connectivity index (χ2v) is 7.68. The molecule has 1 aromatic rings. The SMILES string of the molecule is Cc1ccc(C#N)cc1C1=CC2COCC(C1)N2C(=O)OC(C)(C)C. The van der Waals surface area contributed by atoms with Gasteiger partial charge in [-0.25, -0.2) is 4.79 Å². The molecule has 2 unspecified atom stereocenters. The fourth-order valence-corrected chi connectivity index (χ4v) is 3.43. The quantitative estimate of drug-likeness (QED) is 0.783. The highest BCUT2D eigenvalue weighted by Gasteiger charge is 2.40. The lowest BCUT2D eigenvalue weighted by atomic mass is 9.87. The minimum atomic E-state index is -0.520. The van der Waals surface area contributed by atoms with Gasteiger partial charge in [0.25, 0.3) is 0 Å². The van der Waals surface area contributed by atoms with E-state index in [2.05, 4.69) is 12.1 Å². The smallest absolute Gasteiger partial charge is 0.411 e. The van der Waals surface area contributed by atoms with E-state index in [-0.39, 0.29) is 18.2 Å². The van der Waals surface area contributed by atoms with Crippen molar-refractivity contribution >= 4 is 11.7 Å². The maximum Gasteiger partial charge on any atom is 0.411 e. The number of ether oxygens (including phenoxy) is 2. The Bertz CT molecular complexity index is 755. The number of benzene rings is 1. The molecule has 1 amide bonds. The van der Waals surface area contributed by atoms with Crippen LogP contribution >= 0.6 is 0 Å². The number of nitrogens with zero attached hydrogens (tertiary/aromatic N) is 2. The highest BCUT2D eigenvalue weighted by molar-refractivity contribution is 5.76. The third-order valence-electron chi connectivity index (χ3n) is 4.52. The van der Waals surface area contributed by atoms with Crippen molar-refractivity contribution < 1.29 is 14.3 Å². The van der Waals surface area contributed by atoms with Crippen LogP contribution in [0.5, 0.6) is 0 Å². The van der Waals surface area contributed by atoms with E-state index in [0.29, 0.717) is 25.2 Å². The minimum Gasteiger partial charge on any atom is -0.444 e. The van der Waals surface area contributed by atoms with Crippen LogP contribution in [-0.4, -0.2) is 41.9 Å². The maximum absolute atomic E-state index is 12.6. The summed E-state index contributed by atoms with van der Waals surface area (Å²) in [5, 5.41) is 9.18. The number of hydrogen-bond acceptors (Lipinski definition) is 4. The number of hydrogen-bond donors (Lipinski definition) is 0. The maximum atomic E-state index is 12.6. The molecule has 2 atom stereocenters. The molecule has 0 spiro atoms. The van der Waals surface area contributed by atoms with E-state index in [1.807, 2.05) is 50.8 Å². The molecule has 1 fully saturated rings. The summed E-state index contributed by atoms with van der Waals surface area (Å²) in [6.07, 6.45) is 2.50. The lowest BCUT2D eigenvalue weighted by Crippen LogP contribution is -2.57.